The van der Waals surface area contributed by atoms with Gasteiger partial charge in [0.15, 0.2) is 0 Å². The van der Waals surface area contributed by atoms with Crippen LogP contribution in [0.4, 0.5) is 5.69 Å². The third kappa shape index (κ3) is 2.73. The van der Waals surface area contributed by atoms with Crippen molar-refractivity contribution in [2.24, 2.45) is 0 Å². The molecule has 0 radical (unpaired) electrons. The van der Waals surface area contributed by atoms with Crippen molar-refractivity contribution in [1.82, 2.24) is 0 Å². The van der Waals surface area contributed by atoms with Gasteiger partial charge >= 0.3 is 0 Å². The zero-order chi connectivity index (χ0) is 13.1. The van der Waals surface area contributed by atoms with Gasteiger partial charge in [0, 0.05) is 12.7 Å². The van der Waals surface area contributed by atoms with E-state index in [1.165, 1.54) is 33.5 Å². The van der Waals surface area contributed by atoms with Crippen LogP contribution in [0.3, 0.4) is 0 Å². The highest BCUT2D eigenvalue weighted by atomic mass is 14.8. The lowest BCUT2D eigenvalue weighted by atomic mass is 9.94. The van der Waals surface area contributed by atoms with E-state index in [4.69, 9.17) is 0 Å². The maximum Gasteiger partial charge on any atom is 0.0340 e. The number of benzene rings is 2. The number of aryl methyl sites for hydroxylation is 3. The number of nitrogens with one attached hydrogen (secondary N) is 1. The van der Waals surface area contributed by atoms with Crippen LogP contribution >= 0.6 is 0 Å². The minimum atomic E-state index is 1.01. The first-order chi connectivity index (χ1) is 8.60. The monoisotopic (exact) mass is 239 g/mol. The Morgan fingerprint density at radius 1 is 0.944 bits per heavy atom. The third-order valence-electron chi connectivity index (χ3n) is 3.44. The molecule has 0 heterocycles. The summed E-state index contributed by atoms with van der Waals surface area (Å²) in [7, 11) is 1.96. The molecule has 1 nitrogen and oxygen atoms in total. The Labute approximate surface area is 110 Å². The molecule has 0 bridgehead atoms. The Morgan fingerprint density at radius 2 is 1.61 bits per heavy atom. The maximum atomic E-state index is 3.19. The highest BCUT2D eigenvalue weighted by molar-refractivity contribution is 5.48. The Balaban J connectivity index is 2.33. The fraction of sp³-hybridized carbons (Fsp3) is 0.294. The molecule has 1 N–H and O–H groups in total. The summed E-state index contributed by atoms with van der Waals surface area (Å²) in [5.74, 6) is 0. The molecular formula is C17H21N. The summed E-state index contributed by atoms with van der Waals surface area (Å²) in [5, 5.41) is 3.19. The number of anilines is 1. The molecule has 0 aliphatic heterocycles. The number of hydrogen-bond donors (Lipinski definition) is 1. The van der Waals surface area contributed by atoms with E-state index in [-0.39, 0.29) is 0 Å². The fourth-order valence-electron chi connectivity index (χ4n) is 2.53. The molecule has 0 fully saturated rings. The maximum absolute atomic E-state index is 3.19. The summed E-state index contributed by atoms with van der Waals surface area (Å²) in [6.07, 6.45) is 1.01. The van der Waals surface area contributed by atoms with Gasteiger partial charge < -0.3 is 5.32 Å². The molecule has 0 saturated heterocycles. The highest BCUT2D eigenvalue weighted by Gasteiger charge is 2.05. The van der Waals surface area contributed by atoms with Gasteiger partial charge in [-0.25, -0.2) is 0 Å². The smallest absolute Gasteiger partial charge is 0.0340 e. The van der Waals surface area contributed by atoms with Crippen LogP contribution in [0.5, 0.6) is 0 Å². The van der Waals surface area contributed by atoms with Crippen molar-refractivity contribution in [3.63, 3.8) is 0 Å². The Hall–Kier alpha value is -1.76. The number of hydrogen-bond acceptors (Lipinski definition) is 1. The van der Waals surface area contributed by atoms with E-state index in [1.54, 1.807) is 0 Å². The van der Waals surface area contributed by atoms with Crippen LogP contribution in [0, 0.1) is 20.8 Å². The summed E-state index contributed by atoms with van der Waals surface area (Å²) in [6.45, 7) is 6.57. The normalized spacial score (nSPS) is 10.4. The molecule has 2 aromatic carbocycles. The number of rotatable bonds is 3. The predicted molar refractivity (Wildman–Crippen MR) is 79.4 cm³/mol. The van der Waals surface area contributed by atoms with Crippen LogP contribution in [0.2, 0.25) is 0 Å². The molecular weight excluding hydrogens is 218 g/mol. The van der Waals surface area contributed by atoms with E-state index in [0.29, 0.717) is 0 Å². The summed E-state index contributed by atoms with van der Waals surface area (Å²) in [6, 6.07) is 13.2. The van der Waals surface area contributed by atoms with Gasteiger partial charge in [-0.2, -0.15) is 0 Å². The van der Waals surface area contributed by atoms with Gasteiger partial charge in [-0.1, -0.05) is 29.8 Å². The van der Waals surface area contributed by atoms with Gasteiger partial charge in [0.2, 0.25) is 0 Å². The fourth-order valence-corrected chi connectivity index (χ4v) is 2.53. The second kappa shape index (κ2) is 5.26. The topological polar surface area (TPSA) is 12.0 Å². The lowest BCUT2D eigenvalue weighted by molar-refractivity contribution is 1.11. The molecule has 0 saturated carbocycles. The third-order valence-corrected chi connectivity index (χ3v) is 3.44. The molecule has 94 valence electrons. The van der Waals surface area contributed by atoms with Crippen molar-refractivity contribution >= 4 is 5.69 Å². The lowest BCUT2D eigenvalue weighted by Gasteiger charge is -2.12. The van der Waals surface area contributed by atoms with E-state index in [1.807, 2.05) is 7.05 Å². The second-order valence-corrected chi connectivity index (χ2v) is 5.00. The second-order valence-electron chi connectivity index (χ2n) is 5.00. The minimum Gasteiger partial charge on any atom is -0.388 e. The molecule has 2 aromatic rings. The Kier molecular flexibility index (Phi) is 3.71. The molecule has 0 amide bonds. The molecule has 0 spiro atoms. The van der Waals surface area contributed by atoms with Crippen LogP contribution in [0.1, 0.15) is 27.8 Å². The van der Waals surface area contributed by atoms with Gasteiger partial charge in [-0.15, -0.1) is 0 Å². The van der Waals surface area contributed by atoms with Crippen LogP contribution in [-0.4, -0.2) is 7.05 Å². The lowest BCUT2D eigenvalue weighted by Crippen LogP contribution is -1.97. The van der Waals surface area contributed by atoms with E-state index in [9.17, 15) is 0 Å². The molecule has 18 heavy (non-hydrogen) atoms. The summed E-state index contributed by atoms with van der Waals surface area (Å²) in [5.41, 5.74) is 8.11. The zero-order valence-corrected chi connectivity index (χ0v) is 11.7. The van der Waals surface area contributed by atoms with Crippen LogP contribution in [0.15, 0.2) is 36.4 Å². The SMILES string of the molecule is CNc1cccc(Cc2c(C)cc(C)cc2C)c1. The summed E-state index contributed by atoms with van der Waals surface area (Å²) < 4.78 is 0. The van der Waals surface area contributed by atoms with Crippen molar-refractivity contribution in [2.45, 2.75) is 27.2 Å². The van der Waals surface area contributed by atoms with Crippen molar-refractivity contribution in [2.75, 3.05) is 12.4 Å². The molecule has 2 rings (SSSR count). The molecule has 0 aromatic heterocycles. The van der Waals surface area contributed by atoms with E-state index in [0.717, 1.165) is 6.42 Å². The molecule has 0 unspecified atom stereocenters. The summed E-state index contributed by atoms with van der Waals surface area (Å²) >= 11 is 0. The van der Waals surface area contributed by atoms with Crippen molar-refractivity contribution in [1.29, 1.82) is 0 Å². The summed E-state index contributed by atoms with van der Waals surface area (Å²) in [4.78, 5) is 0. The average molecular weight is 239 g/mol. The first-order valence-electron chi connectivity index (χ1n) is 6.43. The first kappa shape index (κ1) is 12.7. The molecule has 1 heteroatoms. The van der Waals surface area contributed by atoms with Crippen molar-refractivity contribution < 1.29 is 0 Å². The van der Waals surface area contributed by atoms with Crippen molar-refractivity contribution in [3.05, 3.63) is 64.2 Å². The zero-order valence-electron chi connectivity index (χ0n) is 11.7. The molecule has 0 atom stereocenters. The van der Waals surface area contributed by atoms with Gasteiger partial charge in [0.1, 0.15) is 0 Å². The highest BCUT2D eigenvalue weighted by Crippen LogP contribution is 2.21. The Morgan fingerprint density at radius 3 is 2.22 bits per heavy atom. The average Bonchev–Trinajstić information content (AvgIpc) is 2.34. The van der Waals surface area contributed by atoms with Gasteiger partial charge in [0.05, 0.1) is 0 Å². The largest absolute Gasteiger partial charge is 0.388 e. The van der Waals surface area contributed by atoms with Gasteiger partial charge in [0.25, 0.3) is 0 Å². The van der Waals surface area contributed by atoms with E-state index in [2.05, 4.69) is 62.5 Å². The molecule has 0 aliphatic rings. The van der Waals surface area contributed by atoms with Crippen molar-refractivity contribution in [3.8, 4) is 0 Å². The van der Waals surface area contributed by atoms with E-state index < -0.39 is 0 Å². The Bertz CT molecular complexity index is 532. The quantitative estimate of drug-likeness (QED) is 0.844. The van der Waals surface area contributed by atoms with E-state index >= 15 is 0 Å². The predicted octanol–water partition coefficient (Wildman–Crippen LogP) is 4.24. The van der Waals surface area contributed by atoms with Crippen LogP contribution in [-0.2, 0) is 6.42 Å². The van der Waals surface area contributed by atoms with Crippen LogP contribution in [0.25, 0.3) is 0 Å². The standard InChI is InChI=1S/C17H21N/c1-12-8-13(2)17(14(3)9-12)11-15-6-5-7-16(10-15)18-4/h5-10,18H,11H2,1-4H3. The van der Waals surface area contributed by atoms with Crippen LogP contribution < -0.4 is 5.32 Å². The van der Waals surface area contributed by atoms with Gasteiger partial charge in [-0.3, -0.25) is 0 Å². The molecule has 0 aliphatic carbocycles. The minimum absolute atomic E-state index is 1.01. The van der Waals surface area contributed by atoms with Gasteiger partial charge in [-0.05, 0) is 61.6 Å². The first-order valence-corrected chi connectivity index (χ1v) is 6.43.